The van der Waals surface area contributed by atoms with Crippen molar-refractivity contribution in [3.63, 3.8) is 0 Å². The number of nitrogens with one attached hydrogen (secondary N) is 2. The standard InChI is InChI=1S/C12H19N3O3S.ClH/c1-4-19(17,18)15-11-6-5-10(7-8(11)2)14-12(16)9(3)13;/h5-7,9,15H,4,13H2,1-3H3,(H,14,16);1H/t9-;/m1./s1. The molecule has 0 unspecified atom stereocenters. The van der Waals surface area contributed by atoms with Crippen LogP contribution in [0.3, 0.4) is 0 Å². The first-order valence-corrected chi connectivity index (χ1v) is 7.58. The summed E-state index contributed by atoms with van der Waals surface area (Å²) >= 11 is 0. The van der Waals surface area contributed by atoms with Gasteiger partial charge >= 0.3 is 0 Å². The zero-order valence-electron chi connectivity index (χ0n) is 11.6. The molecule has 1 aromatic carbocycles. The number of aryl methyl sites for hydroxylation is 1. The third-order valence-electron chi connectivity index (χ3n) is 2.55. The van der Waals surface area contributed by atoms with Crippen molar-refractivity contribution in [1.29, 1.82) is 0 Å². The predicted molar refractivity (Wildman–Crippen MR) is 83.8 cm³/mol. The molecule has 1 amide bonds. The van der Waals surface area contributed by atoms with Crippen LogP contribution in [0, 0.1) is 6.92 Å². The maximum absolute atomic E-state index is 11.5. The predicted octanol–water partition coefficient (Wildman–Crippen LogP) is 1.46. The molecule has 20 heavy (non-hydrogen) atoms. The molecule has 6 nitrogen and oxygen atoms in total. The smallest absolute Gasteiger partial charge is 0.240 e. The SMILES string of the molecule is CCS(=O)(=O)Nc1ccc(NC(=O)[C@@H](C)N)cc1C.Cl. The van der Waals surface area contributed by atoms with Crippen LogP contribution in [-0.2, 0) is 14.8 Å². The van der Waals surface area contributed by atoms with Gasteiger partial charge in [-0.05, 0) is 44.5 Å². The Balaban J connectivity index is 0.00000361. The van der Waals surface area contributed by atoms with Gasteiger partial charge in [0.15, 0.2) is 0 Å². The molecule has 0 aliphatic rings. The molecule has 8 heteroatoms. The first-order valence-electron chi connectivity index (χ1n) is 5.92. The highest BCUT2D eigenvalue weighted by Crippen LogP contribution is 2.20. The molecule has 114 valence electrons. The number of carbonyl (C=O) groups excluding carboxylic acids is 1. The van der Waals surface area contributed by atoms with E-state index < -0.39 is 16.1 Å². The number of nitrogens with two attached hydrogens (primary N) is 1. The van der Waals surface area contributed by atoms with Crippen LogP contribution < -0.4 is 15.8 Å². The topological polar surface area (TPSA) is 101 Å². The molecule has 0 saturated heterocycles. The Kier molecular flexibility index (Phi) is 6.98. The Morgan fingerprint density at radius 2 is 2.00 bits per heavy atom. The Morgan fingerprint density at radius 3 is 2.45 bits per heavy atom. The van der Waals surface area contributed by atoms with Crippen LogP contribution in [0.5, 0.6) is 0 Å². The van der Waals surface area contributed by atoms with E-state index in [-0.39, 0.29) is 24.1 Å². The number of anilines is 2. The summed E-state index contributed by atoms with van der Waals surface area (Å²) in [7, 11) is -3.30. The number of benzene rings is 1. The van der Waals surface area contributed by atoms with Gasteiger partial charge in [0, 0.05) is 5.69 Å². The van der Waals surface area contributed by atoms with E-state index in [4.69, 9.17) is 5.73 Å². The van der Waals surface area contributed by atoms with Crippen molar-refractivity contribution in [3.05, 3.63) is 23.8 Å². The van der Waals surface area contributed by atoms with Crippen molar-refractivity contribution in [2.75, 3.05) is 15.8 Å². The summed E-state index contributed by atoms with van der Waals surface area (Å²) in [4.78, 5) is 11.4. The van der Waals surface area contributed by atoms with Gasteiger partial charge in [-0.25, -0.2) is 8.42 Å². The highest BCUT2D eigenvalue weighted by atomic mass is 35.5. The molecule has 0 aliphatic heterocycles. The van der Waals surface area contributed by atoms with Crippen LogP contribution in [0.25, 0.3) is 0 Å². The highest BCUT2D eigenvalue weighted by Gasteiger charge is 2.11. The maximum Gasteiger partial charge on any atom is 0.240 e. The van der Waals surface area contributed by atoms with E-state index in [1.807, 2.05) is 0 Å². The van der Waals surface area contributed by atoms with E-state index in [1.165, 1.54) is 0 Å². The molecule has 0 spiro atoms. The lowest BCUT2D eigenvalue weighted by atomic mass is 10.2. The third-order valence-corrected chi connectivity index (χ3v) is 3.84. The lowest BCUT2D eigenvalue weighted by Gasteiger charge is -2.12. The number of halogens is 1. The third kappa shape index (κ3) is 5.36. The number of amides is 1. The van der Waals surface area contributed by atoms with Gasteiger partial charge in [0.05, 0.1) is 17.5 Å². The molecular weight excluding hydrogens is 302 g/mol. The van der Waals surface area contributed by atoms with Crippen molar-refractivity contribution < 1.29 is 13.2 Å². The minimum absolute atomic E-state index is 0. The largest absolute Gasteiger partial charge is 0.325 e. The van der Waals surface area contributed by atoms with Crippen LogP contribution in [-0.4, -0.2) is 26.1 Å². The summed E-state index contributed by atoms with van der Waals surface area (Å²) in [6.07, 6.45) is 0. The van der Waals surface area contributed by atoms with Crippen LogP contribution in [0.2, 0.25) is 0 Å². The van der Waals surface area contributed by atoms with Crippen LogP contribution in [0.1, 0.15) is 19.4 Å². The Hall–Kier alpha value is -1.31. The minimum Gasteiger partial charge on any atom is -0.325 e. The first kappa shape index (κ1) is 18.7. The summed E-state index contributed by atoms with van der Waals surface area (Å²) in [5, 5.41) is 2.65. The molecule has 0 fully saturated rings. The Labute approximate surface area is 125 Å². The van der Waals surface area contributed by atoms with Crippen molar-refractivity contribution >= 4 is 39.7 Å². The summed E-state index contributed by atoms with van der Waals surface area (Å²) in [5.41, 5.74) is 7.25. The molecule has 0 heterocycles. The highest BCUT2D eigenvalue weighted by molar-refractivity contribution is 7.92. The second kappa shape index (κ2) is 7.47. The van der Waals surface area contributed by atoms with Crippen molar-refractivity contribution in [2.24, 2.45) is 5.73 Å². The van der Waals surface area contributed by atoms with Gasteiger partial charge in [0.25, 0.3) is 0 Å². The second-order valence-electron chi connectivity index (χ2n) is 4.31. The number of rotatable bonds is 5. The summed E-state index contributed by atoms with van der Waals surface area (Å²) in [6, 6.07) is 4.33. The van der Waals surface area contributed by atoms with Crippen molar-refractivity contribution in [1.82, 2.24) is 0 Å². The molecule has 1 aromatic rings. The maximum atomic E-state index is 11.5. The zero-order chi connectivity index (χ0) is 14.6. The summed E-state index contributed by atoms with van der Waals surface area (Å²) < 4.78 is 25.4. The van der Waals surface area contributed by atoms with Gasteiger partial charge in [-0.15, -0.1) is 12.4 Å². The molecule has 1 rings (SSSR count). The zero-order valence-corrected chi connectivity index (χ0v) is 13.3. The van der Waals surface area contributed by atoms with E-state index in [2.05, 4.69) is 10.0 Å². The fourth-order valence-corrected chi connectivity index (χ4v) is 2.06. The lowest BCUT2D eigenvalue weighted by Crippen LogP contribution is -2.32. The van der Waals surface area contributed by atoms with E-state index in [0.29, 0.717) is 11.4 Å². The molecule has 0 aliphatic carbocycles. The normalized spacial score (nSPS) is 12.2. The minimum atomic E-state index is -3.30. The molecule has 1 atom stereocenters. The lowest BCUT2D eigenvalue weighted by molar-refractivity contribution is -0.117. The number of sulfonamides is 1. The summed E-state index contributed by atoms with van der Waals surface area (Å²) in [5.74, 6) is -0.281. The molecular formula is C12H20ClN3O3S. The van der Waals surface area contributed by atoms with Gasteiger partial charge in [0.2, 0.25) is 15.9 Å². The average molecular weight is 322 g/mol. The van der Waals surface area contributed by atoms with E-state index >= 15 is 0 Å². The van der Waals surface area contributed by atoms with Gasteiger partial charge in [-0.2, -0.15) is 0 Å². The molecule has 0 radical (unpaired) electrons. The van der Waals surface area contributed by atoms with Crippen LogP contribution in [0.4, 0.5) is 11.4 Å². The molecule has 0 aromatic heterocycles. The number of carbonyl (C=O) groups is 1. The van der Waals surface area contributed by atoms with Crippen molar-refractivity contribution in [3.8, 4) is 0 Å². The van der Waals surface area contributed by atoms with Gasteiger partial charge < -0.3 is 11.1 Å². The molecule has 4 N–H and O–H groups in total. The van der Waals surface area contributed by atoms with Crippen LogP contribution in [0.15, 0.2) is 18.2 Å². The average Bonchev–Trinajstić information content (AvgIpc) is 2.32. The second-order valence-corrected chi connectivity index (χ2v) is 6.32. The fourth-order valence-electron chi connectivity index (χ4n) is 1.35. The van der Waals surface area contributed by atoms with Crippen LogP contribution >= 0.6 is 12.4 Å². The van der Waals surface area contributed by atoms with E-state index in [0.717, 1.165) is 5.56 Å². The van der Waals surface area contributed by atoms with Gasteiger partial charge in [0.1, 0.15) is 0 Å². The number of hydrogen-bond donors (Lipinski definition) is 3. The Morgan fingerprint density at radius 1 is 1.40 bits per heavy atom. The van der Waals surface area contributed by atoms with Crippen molar-refractivity contribution in [2.45, 2.75) is 26.8 Å². The van der Waals surface area contributed by atoms with E-state index in [1.54, 1.807) is 39.0 Å². The molecule has 0 bridgehead atoms. The fraction of sp³-hybridized carbons (Fsp3) is 0.417. The molecule has 0 saturated carbocycles. The summed E-state index contributed by atoms with van der Waals surface area (Å²) in [6.45, 7) is 4.91. The van der Waals surface area contributed by atoms with Gasteiger partial charge in [-0.3, -0.25) is 9.52 Å². The van der Waals surface area contributed by atoms with E-state index in [9.17, 15) is 13.2 Å². The quantitative estimate of drug-likeness (QED) is 0.764. The number of hydrogen-bond acceptors (Lipinski definition) is 4. The first-order chi connectivity index (χ1) is 8.75. The monoisotopic (exact) mass is 321 g/mol. The Bertz CT molecular complexity index is 573. The van der Waals surface area contributed by atoms with Gasteiger partial charge in [-0.1, -0.05) is 0 Å².